The first-order valence-corrected chi connectivity index (χ1v) is 14.0. The van der Waals surface area contributed by atoms with Crippen molar-refractivity contribution in [2.45, 2.75) is 16.6 Å². The van der Waals surface area contributed by atoms with Gasteiger partial charge in [-0.3, -0.25) is 0 Å². The maximum absolute atomic E-state index is 2.49. The van der Waals surface area contributed by atoms with Crippen LogP contribution in [0.3, 0.4) is 0 Å². The maximum atomic E-state index is 2.49. The largest absolute Gasteiger partial charge is 1.00 e. The number of rotatable bonds is 3. The van der Waals surface area contributed by atoms with Crippen molar-refractivity contribution in [1.82, 2.24) is 0 Å². The van der Waals surface area contributed by atoms with Gasteiger partial charge >= 0.3 is 179 Å². The summed E-state index contributed by atoms with van der Waals surface area (Å²) >= 11 is 1.16. The van der Waals surface area contributed by atoms with Gasteiger partial charge in [-0.1, -0.05) is 0 Å². The summed E-state index contributed by atoms with van der Waals surface area (Å²) in [6, 6.07) is 25.1. The number of hydrogen-bond acceptors (Lipinski definition) is 0. The van der Waals surface area contributed by atoms with Crippen LogP contribution >= 0.6 is 0 Å². The van der Waals surface area contributed by atoms with Gasteiger partial charge in [0.1, 0.15) is 0 Å². The van der Waals surface area contributed by atoms with Gasteiger partial charge in [-0.15, -0.1) is 0 Å². The summed E-state index contributed by atoms with van der Waals surface area (Å²) in [5.41, 5.74) is 9.19. The Morgan fingerprint density at radius 2 is 1.59 bits per heavy atom. The van der Waals surface area contributed by atoms with Crippen molar-refractivity contribution in [3.05, 3.63) is 102 Å². The first kappa shape index (κ1) is 22.5. The van der Waals surface area contributed by atoms with Crippen molar-refractivity contribution in [3.8, 4) is 11.1 Å². The molecule has 0 saturated carbocycles. The third-order valence-electron chi connectivity index (χ3n) is 5.99. The van der Waals surface area contributed by atoms with Gasteiger partial charge in [0.15, 0.2) is 0 Å². The second kappa shape index (κ2) is 9.30. The third-order valence-corrected chi connectivity index (χ3v) is 10.9. The smallest absolute Gasteiger partial charge is 1.00 e. The van der Waals surface area contributed by atoms with Crippen LogP contribution in [0.25, 0.3) is 16.7 Å². The molecule has 0 amide bonds. The van der Waals surface area contributed by atoms with Gasteiger partial charge in [0.25, 0.3) is 0 Å². The SMILES string of the molecule is C[SiH](c1ccccc1)c1ccc2c(c1C1=CC=CC1)[CH]([Hf+2])c1ccccc1-2.[Cl-].[Cl-]. The molecule has 0 saturated heterocycles. The molecule has 0 aliphatic heterocycles. The predicted octanol–water partition coefficient (Wildman–Crippen LogP) is -1.37. The fourth-order valence-electron chi connectivity index (χ4n) is 4.59. The van der Waals surface area contributed by atoms with Crippen LogP contribution in [-0.4, -0.2) is 8.80 Å². The quantitative estimate of drug-likeness (QED) is 0.327. The van der Waals surface area contributed by atoms with Gasteiger partial charge in [0.2, 0.25) is 0 Å². The van der Waals surface area contributed by atoms with Crippen LogP contribution in [0.15, 0.2) is 85.0 Å². The predicted molar refractivity (Wildman–Crippen MR) is 114 cm³/mol. The van der Waals surface area contributed by atoms with Crippen LogP contribution in [-0.2, 0) is 24.4 Å². The Morgan fingerprint density at radius 1 is 0.862 bits per heavy atom. The minimum absolute atomic E-state index is 0. The summed E-state index contributed by atoms with van der Waals surface area (Å²) < 4.78 is 0.602. The molecule has 4 heteroatoms. The zero-order valence-corrected chi connectivity index (χ0v) is 22.5. The van der Waals surface area contributed by atoms with E-state index < -0.39 is 8.80 Å². The molecule has 3 aromatic carbocycles. The Hall–Kier alpha value is -1.19. The average molecular weight is 599 g/mol. The second-order valence-electron chi connectivity index (χ2n) is 7.47. The van der Waals surface area contributed by atoms with E-state index in [0.717, 1.165) is 30.8 Å². The molecule has 0 aromatic heterocycles. The summed E-state index contributed by atoms with van der Waals surface area (Å²) in [6.07, 6.45) is 7.96. The summed E-state index contributed by atoms with van der Waals surface area (Å²) in [5, 5.41) is 3.15. The molecule has 5 rings (SSSR count). The Bertz CT molecular complexity index is 1090. The molecule has 29 heavy (non-hydrogen) atoms. The minimum Gasteiger partial charge on any atom is -1.00 e. The van der Waals surface area contributed by atoms with Crippen LogP contribution in [0.5, 0.6) is 0 Å². The number of hydrogen-bond donors (Lipinski definition) is 0. The van der Waals surface area contributed by atoms with E-state index in [4.69, 9.17) is 0 Å². The van der Waals surface area contributed by atoms with Crippen molar-refractivity contribution in [3.63, 3.8) is 0 Å². The molecule has 3 aromatic rings. The molecule has 2 aliphatic carbocycles. The molecule has 143 valence electrons. The van der Waals surface area contributed by atoms with Crippen LogP contribution < -0.4 is 35.2 Å². The molecule has 0 bridgehead atoms. The van der Waals surface area contributed by atoms with Crippen molar-refractivity contribution in [1.29, 1.82) is 0 Å². The summed E-state index contributed by atoms with van der Waals surface area (Å²) in [7, 11) is -1.23. The molecule has 0 radical (unpaired) electrons. The van der Waals surface area contributed by atoms with Crippen molar-refractivity contribution in [2.75, 3.05) is 0 Å². The number of fused-ring (bicyclic) bond motifs is 3. The van der Waals surface area contributed by atoms with E-state index >= 15 is 0 Å². The Labute approximate surface area is 202 Å². The van der Waals surface area contributed by atoms with Gasteiger partial charge in [-0.2, -0.15) is 0 Å². The fraction of sp³-hybridized carbons (Fsp3) is 0.120. The Balaban J connectivity index is 0.00000120. The van der Waals surface area contributed by atoms with Gasteiger partial charge in [0, 0.05) is 0 Å². The number of allylic oxidation sites excluding steroid dienone is 4. The van der Waals surface area contributed by atoms with Gasteiger partial charge in [-0.05, 0) is 0 Å². The van der Waals surface area contributed by atoms with E-state index in [9.17, 15) is 0 Å². The molecule has 0 nitrogen and oxygen atoms in total. The van der Waals surface area contributed by atoms with Crippen LogP contribution in [0.4, 0.5) is 0 Å². The maximum Gasteiger partial charge on any atom is -1.00 e. The fourth-order valence-corrected chi connectivity index (χ4v) is 8.89. The minimum atomic E-state index is -1.23. The third kappa shape index (κ3) is 3.81. The van der Waals surface area contributed by atoms with E-state index in [1.165, 1.54) is 27.5 Å². The number of halogens is 2. The Kier molecular flexibility index (Phi) is 7.22. The second-order valence-corrected chi connectivity index (χ2v) is 12.3. The summed E-state index contributed by atoms with van der Waals surface area (Å²) in [4.78, 5) is 0. The summed E-state index contributed by atoms with van der Waals surface area (Å²) in [6.45, 7) is 2.49. The standard InChI is InChI=1S/C25H21Si.2ClH.Hf/c1-26(20-12-3-2-4-13-20)24-16-15-22-21-14-8-7-11-19(21)17-23(22)25(24)18-9-5-6-10-18;;;/h2-9,11-17,26H,10H2,1H3;2*1H;/q;;;+2/p-2. The summed E-state index contributed by atoms with van der Waals surface area (Å²) in [5.74, 6) is 0. The van der Waals surface area contributed by atoms with Crippen molar-refractivity contribution >= 4 is 24.7 Å². The van der Waals surface area contributed by atoms with E-state index in [1.807, 2.05) is 0 Å². The van der Waals surface area contributed by atoms with Crippen LogP contribution in [0, 0.1) is 0 Å². The normalized spacial score (nSPS) is 16.9. The van der Waals surface area contributed by atoms with Gasteiger partial charge < -0.3 is 24.8 Å². The molecule has 2 atom stereocenters. The molecular formula is C25H21Cl2HfSi. The van der Waals surface area contributed by atoms with Crippen LogP contribution in [0.2, 0.25) is 6.55 Å². The van der Waals surface area contributed by atoms with E-state index in [1.54, 1.807) is 16.3 Å². The first-order chi connectivity index (χ1) is 13.3. The molecule has 0 heterocycles. The number of benzene rings is 3. The van der Waals surface area contributed by atoms with E-state index in [0.29, 0.717) is 3.67 Å². The topological polar surface area (TPSA) is 0 Å². The zero-order valence-electron chi connectivity index (χ0n) is 16.2. The molecular weight excluding hydrogens is 578 g/mol. The van der Waals surface area contributed by atoms with E-state index in [2.05, 4.69) is 91.5 Å². The van der Waals surface area contributed by atoms with Crippen molar-refractivity contribution < 1.29 is 49.2 Å². The van der Waals surface area contributed by atoms with Crippen molar-refractivity contribution in [2.24, 2.45) is 0 Å². The monoisotopic (exact) mass is 599 g/mol. The Morgan fingerprint density at radius 3 is 2.31 bits per heavy atom. The molecule has 2 aliphatic rings. The first-order valence-electron chi connectivity index (χ1n) is 9.64. The van der Waals surface area contributed by atoms with Gasteiger partial charge in [0.05, 0.1) is 0 Å². The van der Waals surface area contributed by atoms with E-state index in [-0.39, 0.29) is 24.8 Å². The zero-order chi connectivity index (χ0) is 18.4. The molecule has 2 unspecified atom stereocenters. The molecule has 0 N–H and O–H groups in total. The average Bonchev–Trinajstić information content (AvgIpc) is 3.35. The van der Waals surface area contributed by atoms with Crippen LogP contribution in [0.1, 0.15) is 26.8 Å². The molecule has 0 fully saturated rings. The molecule has 0 spiro atoms. The van der Waals surface area contributed by atoms with Gasteiger partial charge in [-0.25, -0.2) is 0 Å².